The number of rotatable bonds is 3. The topological polar surface area (TPSA) is 97.5 Å². The molecule has 7 heteroatoms. The molecule has 112 valence electrons. The number of likely N-dealkylation sites (tertiary alicyclic amines) is 1. The number of hydrogen-bond donors (Lipinski definition) is 2. The van der Waals surface area contributed by atoms with Crippen LogP contribution >= 0.6 is 0 Å². The Labute approximate surface area is 122 Å². The van der Waals surface area contributed by atoms with Crippen LogP contribution in [0.1, 0.15) is 30.2 Å². The molecule has 0 spiro atoms. The van der Waals surface area contributed by atoms with E-state index in [4.69, 9.17) is 14.7 Å². The number of aromatic nitrogens is 1. The number of hydrogen-bond acceptors (Lipinski definition) is 5. The first-order valence-corrected chi connectivity index (χ1v) is 6.99. The molecule has 0 atom stereocenters. The molecule has 0 radical (unpaired) electrons. The van der Waals surface area contributed by atoms with Crippen LogP contribution < -0.4 is 11.1 Å². The Morgan fingerprint density at radius 2 is 2.29 bits per heavy atom. The molecule has 0 aromatic carbocycles. The normalized spacial score (nSPS) is 16.1. The van der Waals surface area contributed by atoms with Crippen LogP contribution in [0, 0.1) is 0 Å². The van der Waals surface area contributed by atoms with Crippen molar-refractivity contribution >= 4 is 11.9 Å². The molecule has 7 nitrogen and oxygen atoms in total. The number of amides is 2. The standard InChI is InChI=1S/C14H18N4O3/c15-13-8-12(17-21-13)10-3-5-18(6-4-10)14(19)16-9-11-2-1-7-20-11/h1-2,7-8,10H,3-6,9,15H2,(H,16,19). The van der Waals surface area contributed by atoms with Gasteiger partial charge in [-0.15, -0.1) is 0 Å². The minimum absolute atomic E-state index is 0.0653. The minimum Gasteiger partial charge on any atom is -0.467 e. The molecule has 2 aromatic rings. The highest BCUT2D eigenvalue weighted by molar-refractivity contribution is 5.74. The van der Waals surface area contributed by atoms with E-state index >= 15 is 0 Å². The summed E-state index contributed by atoms with van der Waals surface area (Å²) in [5, 5.41) is 6.80. The van der Waals surface area contributed by atoms with Gasteiger partial charge in [-0.05, 0) is 25.0 Å². The van der Waals surface area contributed by atoms with Gasteiger partial charge in [0.2, 0.25) is 5.88 Å². The summed E-state index contributed by atoms with van der Waals surface area (Å²) in [4.78, 5) is 13.9. The van der Waals surface area contributed by atoms with Crippen LogP contribution in [0.2, 0.25) is 0 Å². The lowest BCUT2D eigenvalue weighted by Crippen LogP contribution is -2.43. The molecule has 0 aliphatic carbocycles. The SMILES string of the molecule is Nc1cc(C2CCN(C(=O)NCc3ccco3)CC2)no1. The maximum Gasteiger partial charge on any atom is 0.317 e. The molecule has 0 unspecified atom stereocenters. The monoisotopic (exact) mass is 290 g/mol. The van der Waals surface area contributed by atoms with Gasteiger partial charge in [-0.1, -0.05) is 5.16 Å². The molecule has 0 bridgehead atoms. The fourth-order valence-corrected chi connectivity index (χ4v) is 2.56. The number of carbonyl (C=O) groups excluding carboxylic acids is 1. The van der Waals surface area contributed by atoms with Gasteiger partial charge >= 0.3 is 6.03 Å². The summed E-state index contributed by atoms with van der Waals surface area (Å²) in [6.45, 7) is 1.80. The van der Waals surface area contributed by atoms with E-state index < -0.39 is 0 Å². The lowest BCUT2D eigenvalue weighted by atomic mass is 9.94. The number of nitrogen functional groups attached to an aromatic ring is 1. The van der Waals surface area contributed by atoms with Crippen molar-refractivity contribution in [3.8, 4) is 0 Å². The van der Waals surface area contributed by atoms with E-state index in [-0.39, 0.29) is 6.03 Å². The zero-order valence-electron chi connectivity index (χ0n) is 11.6. The predicted molar refractivity (Wildman–Crippen MR) is 75.4 cm³/mol. The molecule has 1 saturated heterocycles. The summed E-state index contributed by atoms with van der Waals surface area (Å²) in [6, 6.07) is 5.33. The fourth-order valence-electron chi connectivity index (χ4n) is 2.56. The Morgan fingerprint density at radius 3 is 2.90 bits per heavy atom. The maximum atomic E-state index is 12.1. The van der Waals surface area contributed by atoms with Crippen LogP contribution in [0.4, 0.5) is 10.7 Å². The van der Waals surface area contributed by atoms with Gasteiger partial charge in [0.1, 0.15) is 5.76 Å². The second kappa shape index (κ2) is 5.90. The number of anilines is 1. The summed E-state index contributed by atoms with van der Waals surface area (Å²) in [6.07, 6.45) is 3.32. The third-order valence-corrected chi connectivity index (χ3v) is 3.74. The largest absolute Gasteiger partial charge is 0.467 e. The van der Waals surface area contributed by atoms with E-state index in [0.29, 0.717) is 31.4 Å². The van der Waals surface area contributed by atoms with Crippen molar-refractivity contribution in [2.24, 2.45) is 0 Å². The Morgan fingerprint density at radius 1 is 1.48 bits per heavy atom. The van der Waals surface area contributed by atoms with E-state index in [2.05, 4.69) is 10.5 Å². The Hall–Kier alpha value is -2.44. The second-order valence-electron chi connectivity index (χ2n) is 5.15. The lowest BCUT2D eigenvalue weighted by molar-refractivity contribution is 0.179. The molecule has 1 aliphatic heterocycles. The molecule has 3 rings (SSSR count). The van der Waals surface area contributed by atoms with Crippen LogP contribution in [0.25, 0.3) is 0 Å². The number of nitrogens with one attached hydrogen (secondary N) is 1. The number of urea groups is 1. The highest BCUT2D eigenvalue weighted by Gasteiger charge is 2.25. The molecular formula is C14H18N4O3. The van der Waals surface area contributed by atoms with Gasteiger partial charge in [-0.2, -0.15) is 0 Å². The fraction of sp³-hybridized carbons (Fsp3) is 0.429. The van der Waals surface area contributed by atoms with Crippen molar-refractivity contribution in [2.75, 3.05) is 18.8 Å². The van der Waals surface area contributed by atoms with Gasteiger partial charge in [-0.3, -0.25) is 0 Å². The first-order valence-electron chi connectivity index (χ1n) is 6.99. The van der Waals surface area contributed by atoms with Crippen LogP contribution in [0.3, 0.4) is 0 Å². The van der Waals surface area contributed by atoms with Crippen molar-refractivity contribution in [1.29, 1.82) is 0 Å². The van der Waals surface area contributed by atoms with Crippen molar-refractivity contribution in [3.05, 3.63) is 35.9 Å². The van der Waals surface area contributed by atoms with Crippen LogP contribution in [-0.4, -0.2) is 29.2 Å². The third kappa shape index (κ3) is 3.18. The third-order valence-electron chi connectivity index (χ3n) is 3.74. The number of nitrogens with zero attached hydrogens (tertiary/aromatic N) is 2. The maximum absolute atomic E-state index is 12.1. The van der Waals surface area contributed by atoms with Crippen LogP contribution in [0.15, 0.2) is 33.4 Å². The molecule has 1 fully saturated rings. The minimum atomic E-state index is -0.0653. The average Bonchev–Trinajstić information content (AvgIpc) is 3.16. The highest BCUT2D eigenvalue weighted by atomic mass is 16.5. The molecule has 2 amide bonds. The van der Waals surface area contributed by atoms with Gasteiger partial charge in [0.25, 0.3) is 0 Å². The average molecular weight is 290 g/mol. The number of nitrogens with two attached hydrogens (primary N) is 1. The van der Waals surface area contributed by atoms with Crippen LogP contribution in [0.5, 0.6) is 0 Å². The van der Waals surface area contributed by atoms with Crippen molar-refractivity contribution in [3.63, 3.8) is 0 Å². The summed E-state index contributed by atoms with van der Waals surface area (Å²) in [5.74, 6) is 1.39. The van der Waals surface area contributed by atoms with Crippen LogP contribution in [-0.2, 0) is 6.54 Å². The number of piperidine rings is 1. The van der Waals surface area contributed by atoms with Crippen molar-refractivity contribution < 1.29 is 13.7 Å². The molecule has 2 aromatic heterocycles. The smallest absolute Gasteiger partial charge is 0.317 e. The summed E-state index contributed by atoms with van der Waals surface area (Å²) in [7, 11) is 0. The number of carbonyl (C=O) groups is 1. The van der Waals surface area contributed by atoms with E-state index in [1.165, 1.54) is 0 Å². The zero-order valence-corrected chi connectivity index (χ0v) is 11.6. The van der Waals surface area contributed by atoms with Gasteiger partial charge in [0.05, 0.1) is 18.5 Å². The molecule has 0 saturated carbocycles. The summed E-state index contributed by atoms with van der Waals surface area (Å²) >= 11 is 0. The zero-order chi connectivity index (χ0) is 14.7. The molecule has 3 N–H and O–H groups in total. The Kier molecular flexibility index (Phi) is 3.81. The van der Waals surface area contributed by atoms with E-state index in [1.807, 2.05) is 11.0 Å². The van der Waals surface area contributed by atoms with Crippen molar-refractivity contribution in [2.45, 2.75) is 25.3 Å². The molecule has 1 aliphatic rings. The molecule has 3 heterocycles. The lowest BCUT2D eigenvalue weighted by Gasteiger charge is -2.31. The highest BCUT2D eigenvalue weighted by Crippen LogP contribution is 2.28. The molecule has 21 heavy (non-hydrogen) atoms. The van der Waals surface area contributed by atoms with E-state index in [1.54, 1.807) is 18.4 Å². The van der Waals surface area contributed by atoms with E-state index in [9.17, 15) is 4.79 Å². The van der Waals surface area contributed by atoms with Crippen molar-refractivity contribution in [1.82, 2.24) is 15.4 Å². The Balaban J connectivity index is 1.47. The van der Waals surface area contributed by atoms with Gasteiger partial charge in [-0.25, -0.2) is 4.79 Å². The van der Waals surface area contributed by atoms with Gasteiger partial charge in [0, 0.05) is 25.1 Å². The molecular weight excluding hydrogens is 272 g/mol. The van der Waals surface area contributed by atoms with Gasteiger partial charge in [0.15, 0.2) is 0 Å². The Bertz CT molecular complexity index is 585. The number of furan rings is 1. The quantitative estimate of drug-likeness (QED) is 0.900. The first kappa shape index (κ1) is 13.5. The predicted octanol–water partition coefficient (Wildman–Crippen LogP) is 1.94. The summed E-state index contributed by atoms with van der Waals surface area (Å²) < 4.78 is 10.1. The first-order chi connectivity index (χ1) is 10.2. The summed E-state index contributed by atoms with van der Waals surface area (Å²) in [5.41, 5.74) is 6.41. The van der Waals surface area contributed by atoms with E-state index in [0.717, 1.165) is 24.3 Å². The van der Waals surface area contributed by atoms with Gasteiger partial charge < -0.3 is 24.9 Å². The second-order valence-corrected chi connectivity index (χ2v) is 5.15.